The van der Waals surface area contributed by atoms with Crippen molar-refractivity contribution in [1.29, 1.82) is 0 Å². The lowest BCUT2D eigenvalue weighted by Crippen LogP contribution is -2.58. The van der Waals surface area contributed by atoms with Crippen molar-refractivity contribution >= 4 is 11.8 Å². The van der Waals surface area contributed by atoms with Gasteiger partial charge >= 0.3 is 0 Å². The summed E-state index contributed by atoms with van der Waals surface area (Å²) in [6, 6.07) is 10.1. The van der Waals surface area contributed by atoms with E-state index >= 15 is 0 Å². The van der Waals surface area contributed by atoms with Crippen LogP contribution in [0.1, 0.15) is 34.6 Å². The molecule has 1 aromatic carbocycles. The second kappa shape index (κ2) is 8.69. The Bertz CT molecular complexity index is 847. The molecule has 2 amide bonds. The SMILES string of the molecule is Cc1cnc(C(=O)N2CCN([C@@H]3CCCN(Cc4ccccc4)C3=O)CC2)cn1. The maximum absolute atomic E-state index is 13.1. The number of hydrogen-bond acceptors (Lipinski definition) is 5. The minimum atomic E-state index is -0.0853. The number of nitrogens with zero attached hydrogens (tertiary/aromatic N) is 5. The maximum Gasteiger partial charge on any atom is 0.274 e. The quantitative estimate of drug-likeness (QED) is 0.791. The molecule has 2 aliphatic rings. The van der Waals surface area contributed by atoms with Crippen LogP contribution in [0.3, 0.4) is 0 Å². The Hall–Kier alpha value is -2.80. The highest BCUT2D eigenvalue weighted by Gasteiger charge is 2.35. The van der Waals surface area contributed by atoms with Crippen molar-refractivity contribution in [2.45, 2.75) is 32.4 Å². The molecule has 2 aromatic rings. The second-order valence-electron chi connectivity index (χ2n) is 7.77. The van der Waals surface area contributed by atoms with E-state index < -0.39 is 0 Å². The van der Waals surface area contributed by atoms with Gasteiger partial charge in [-0.15, -0.1) is 0 Å². The minimum absolute atomic E-state index is 0.0797. The summed E-state index contributed by atoms with van der Waals surface area (Å²) in [5.41, 5.74) is 2.34. The first-order chi connectivity index (χ1) is 14.1. The van der Waals surface area contributed by atoms with Crippen molar-refractivity contribution in [3.8, 4) is 0 Å². The number of carbonyl (C=O) groups excluding carboxylic acids is 2. The number of aryl methyl sites for hydroxylation is 1. The molecule has 0 spiro atoms. The predicted molar refractivity (Wildman–Crippen MR) is 109 cm³/mol. The molecule has 0 saturated carbocycles. The largest absolute Gasteiger partial charge is 0.337 e. The molecule has 1 aromatic heterocycles. The van der Waals surface area contributed by atoms with E-state index in [0.717, 1.165) is 30.6 Å². The Morgan fingerprint density at radius 2 is 1.79 bits per heavy atom. The third-order valence-electron chi connectivity index (χ3n) is 5.76. The van der Waals surface area contributed by atoms with E-state index in [1.807, 2.05) is 34.9 Å². The number of hydrogen-bond donors (Lipinski definition) is 0. The lowest BCUT2D eigenvalue weighted by molar-refractivity contribution is -0.141. The molecule has 2 fully saturated rings. The number of likely N-dealkylation sites (tertiary alicyclic amines) is 1. The minimum Gasteiger partial charge on any atom is -0.337 e. The first kappa shape index (κ1) is 19.5. The molecule has 0 N–H and O–H groups in total. The molecule has 152 valence electrons. The molecule has 0 bridgehead atoms. The summed E-state index contributed by atoms with van der Waals surface area (Å²) in [5, 5.41) is 0. The molecule has 7 nitrogen and oxygen atoms in total. The van der Waals surface area contributed by atoms with Crippen LogP contribution in [0.25, 0.3) is 0 Å². The Morgan fingerprint density at radius 3 is 2.48 bits per heavy atom. The van der Waals surface area contributed by atoms with Gasteiger partial charge in [-0.25, -0.2) is 4.98 Å². The van der Waals surface area contributed by atoms with Gasteiger partial charge in [0.2, 0.25) is 5.91 Å². The van der Waals surface area contributed by atoms with E-state index in [9.17, 15) is 9.59 Å². The van der Waals surface area contributed by atoms with Gasteiger partial charge in [-0.1, -0.05) is 30.3 Å². The number of rotatable bonds is 4. The number of piperazine rings is 1. The Balaban J connectivity index is 1.34. The van der Waals surface area contributed by atoms with Gasteiger partial charge in [0.1, 0.15) is 5.69 Å². The monoisotopic (exact) mass is 393 g/mol. The first-order valence-corrected chi connectivity index (χ1v) is 10.3. The van der Waals surface area contributed by atoms with Crippen molar-refractivity contribution in [2.24, 2.45) is 0 Å². The zero-order valence-corrected chi connectivity index (χ0v) is 16.8. The summed E-state index contributed by atoms with van der Waals surface area (Å²) in [5.74, 6) is 0.127. The molecule has 2 aliphatic heterocycles. The van der Waals surface area contributed by atoms with Crippen molar-refractivity contribution in [1.82, 2.24) is 24.7 Å². The van der Waals surface area contributed by atoms with Crippen molar-refractivity contribution in [3.05, 3.63) is 59.7 Å². The zero-order valence-electron chi connectivity index (χ0n) is 16.8. The van der Waals surface area contributed by atoms with Gasteiger partial charge in [0.05, 0.1) is 17.9 Å². The third kappa shape index (κ3) is 4.45. The molecule has 0 aliphatic carbocycles. The van der Waals surface area contributed by atoms with Gasteiger partial charge in [-0.3, -0.25) is 19.5 Å². The van der Waals surface area contributed by atoms with Crippen LogP contribution in [0.5, 0.6) is 0 Å². The number of aromatic nitrogens is 2. The van der Waals surface area contributed by atoms with E-state index in [2.05, 4.69) is 27.0 Å². The van der Waals surface area contributed by atoms with E-state index in [1.165, 1.54) is 6.20 Å². The van der Waals surface area contributed by atoms with Gasteiger partial charge in [-0.05, 0) is 25.3 Å². The van der Waals surface area contributed by atoms with Crippen LogP contribution in [0.15, 0.2) is 42.7 Å². The molecule has 4 rings (SSSR count). The van der Waals surface area contributed by atoms with Gasteiger partial charge in [0, 0.05) is 45.5 Å². The van der Waals surface area contributed by atoms with Crippen molar-refractivity contribution in [2.75, 3.05) is 32.7 Å². The summed E-state index contributed by atoms with van der Waals surface area (Å²) in [6.45, 7) is 5.97. The fourth-order valence-corrected chi connectivity index (χ4v) is 4.12. The summed E-state index contributed by atoms with van der Waals surface area (Å²) in [4.78, 5) is 40.1. The van der Waals surface area contributed by atoms with Crippen LogP contribution >= 0.6 is 0 Å². The standard InChI is InChI=1S/C22H27N5O2/c1-17-14-24-19(15-23-17)21(28)26-12-10-25(11-13-26)20-8-5-9-27(22(20)29)16-18-6-3-2-4-7-18/h2-4,6-7,14-15,20H,5,8-13,16H2,1H3/t20-/m1/s1. The second-order valence-corrected chi connectivity index (χ2v) is 7.77. The Kier molecular flexibility index (Phi) is 5.85. The predicted octanol–water partition coefficient (Wildman–Crippen LogP) is 1.73. The molecule has 2 saturated heterocycles. The van der Waals surface area contributed by atoms with E-state index in [4.69, 9.17) is 0 Å². The lowest BCUT2D eigenvalue weighted by atomic mass is 10.0. The van der Waals surface area contributed by atoms with Crippen LogP contribution < -0.4 is 0 Å². The first-order valence-electron chi connectivity index (χ1n) is 10.3. The highest BCUT2D eigenvalue weighted by Crippen LogP contribution is 2.21. The maximum atomic E-state index is 13.1. The van der Waals surface area contributed by atoms with Crippen molar-refractivity contribution < 1.29 is 9.59 Å². The van der Waals surface area contributed by atoms with Crippen molar-refractivity contribution in [3.63, 3.8) is 0 Å². The van der Waals surface area contributed by atoms with Crippen LogP contribution in [0, 0.1) is 6.92 Å². The number of carbonyl (C=O) groups is 2. The average molecular weight is 393 g/mol. The Labute approximate surface area is 171 Å². The normalized spacial score (nSPS) is 20.7. The topological polar surface area (TPSA) is 69.6 Å². The van der Waals surface area contributed by atoms with Gasteiger partial charge in [0.25, 0.3) is 5.91 Å². The van der Waals surface area contributed by atoms with E-state index in [0.29, 0.717) is 38.4 Å². The van der Waals surface area contributed by atoms with Gasteiger partial charge < -0.3 is 9.80 Å². The molecule has 0 unspecified atom stereocenters. The molecular weight excluding hydrogens is 366 g/mol. The summed E-state index contributed by atoms with van der Waals surface area (Å²) in [6.07, 6.45) is 5.06. The Morgan fingerprint density at radius 1 is 1.03 bits per heavy atom. The molecule has 29 heavy (non-hydrogen) atoms. The smallest absolute Gasteiger partial charge is 0.274 e. The lowest BCUT2D eigenvalue weighted by Gasteiger charge is -2.42. The third-order valence-corrected chi connectivity index (χ3v) is 5.76. The van der Waals surface area contributed by atoms with E-state index in [-0.39, 0.29) is 17.9 Å². The molecule has 1 atom stereocenters. The number of benzene rings is 1. The molecular formula is C22H27N5O2. The molecule has 7 heteroatoms. The van der Waals surface area contributed by atoms with Crippen LogP contribution in [0.4, 0.5) is 0 Å². The average Bonchev–Trinajstić information content (AvgIpc) is 2.76. The zero-order chi connectivity index (χ0) is 20.2. The van der Waals surface area contributed by atoms with Crippen LogP contribution in [0.2, 0.25) is 0 Å². The van der Waals surface area contributed by atoms with Gasteiger partial charge in [0.15, 0.2) is 0 Å². The highest BCUT2D eigenvalue weighted by molar-refractivity contribution is 5.92. The fourth-order valence-electron chi connectivity index (χ4n) is 4.12. The summed E-state index contributed by atoms with van der Waals surface area (Å²) < 4.78 is 0. The summed E-state index contributed by atoms with van der Waals surface area (Å²) >= 11 is 0. The van der Waals surface area contributed by atoms with Gasteiger partial charge in [-0.2, -0.15) is 0 Å². The van der Waals surface area contributed by atoms with Crippen LogP contribution in [-0.4, -0.2) is 75.2 Å². The number of piperidine rings is 1. The fraction of sp³-hybridized carbons (Fsp3) is 0.455. The summed E-state index contributed by atoms with van der Waals surface area (Å²) in [7, 11) is 0. The van der Waals surface area contributed by atoms with E-state index in [1.54, 1.807) is 6.20 Å². The highest BCUT2D eigenvalue weighted by atomic mass is 16.2. The molecule has 3 heterocycles. The van der Waals surface area contributed by atoms with Crippen LogP contribution in [-0.2, 0) is 11.3 Å². The number of amides is 2. The molecule has 0 radical (unpaired) electrons.